The minimum absolute atomic E-state index is 0.125. The number of hydrogen-bond acceptors (Lipinski definition) is 3. The van der Waals surface area contributed by atoms with E-state index in [4.69, 9.17) is 17.1 Å². The maximum atomic E-state index is 13.1. The summed E-state index contributed by atoms with van der Waals surface area (Å²) < 4.78 is 48.7. The predicted octanol–water partition coefficient (Wildman–Crippen LogP) is 1.60. The first-order valence-corrected chi connectivity index (χ1v) is 7.12. The number of carbonyl (C=O) groups is 1. The number of amides is 1. The predicted molar refractivity (Wildman–Crippen MR) is 65.2 cm³/mol. The van der Waals surface area contributed by atoms with E-state index in [0.29, 0.717) is 12.1 Å². The summed E-state index contributed by atoms with van der Waals surface area (Å²) in [4.78, 5) is 12.1. The van der Waals surface area contributed by atoms with E-state index < -0.39 is 37.1 Å². The van der Waals surface area contributed by atoms with Gasteiger partial charge in [0.05, 0.1) is 17.0 Å². The molecule has 0 saturated carbocycles. The summed E-state index contributed by atoms with van der Waals surface area (Å²) in [6.45, 7) is -0.125. The molecule has 1 aromatic carbocycles. The number of halogens is 3. The summed E-state index contributed by atoms with van der Waals surface area (Å²) in [7, 11) is 1.97. The molecule has 1 aromatic rings. The van der Waals surface area contributed by atoms with E-state index in [2.05, 4.69) is 5.92 Å². The van der Waals surface area contributed by atoms with Gasteiger partial charge in [-0.25, -0.2) is 17.2 Å². The fourth-order valence-corrected chi connectivity index (χ4v) is 2.35. The maximum Gasteiger partial charge on any atom is 0.262 e. The molecule has 1 rings (SSSR count). The van der Waals surface area contributed by atoms with Crippen LogP contribution in [0, 0.1) is 24.0 Å². The van der Waals surface area contributed by atoms with E-state index in [0.717, 1.165) is 4.90 Å². The highest BCUT2D eigenvalue weighted by atomic mass is 35.7. The average molecular weight is 308 g/mol. The van der Waals surface area contributed by atoms with Crippen molar-refractivity contribution in [2.45, 2.75) is 4.90 Å². The molecule has 0 bridgehead atoms. The molecule has 8 heteroatoms. The van der Waals surface area contributed by atoms with Crippen molar-refractivity contribution < 1.29 is 22.0 Å². The van der Waals surface area contributed by atoms with Crippen molar-refractivity contribution in [1.82, 2.24) is 4.90 Å². The van der Waals surface area contributed by atoms with Crippen LogP contribution in [-0.4, -0.2) is 32.8 Å². The monoisotopic (exact) mass is 307 g/mol. The molecule has 0 heterocycles. The molecule has 0 radical (unpaired) electrons. The lowest BCUT2D eigenvalue weighted by molar-refractivity contribution is 0.0808. The summed E-state index contributed by atoms with van der Waals surface area (Å²) in [5.74, 6) is -1.50. The second-order valence-corrected chi connectivity index (χ2v) is 6.10. The molecule has 0 aliphatic carbocycles. The topological polar surface area (TPSA) is 54.5 Å². The Morgan fingerprint density at radius 3 is 2.42 bits per heavy atom. The number of hydrogen-bond donors (Lipinski definition) is 0. The second-order valence-electron chi connectivity index (χ2n) is 3.57. The Hall–Kier alpha value is -1.65. The van der Waals surface area contributed by atoms with Crippen molar-refractivity contribution in [3.05, 3.63) is 29.3 Å². The largest absolute Gasteiger partial charge is 0.331 e. The lowest BCUT2D eigenvalue weighted by Crippen LogP contribution is -2.28. The molecule has 0 aliphatic heterocycles. The lowest BCUT2D eigenvalue weighted by atomic mass is 10.2. The van der Waals surface area contributed by atoms with E-state index in [1.807, 2.05) is 0 Å². The van der Waals surface area contributed by atoms with Crippen LogP contribution >= 0.6 is 10.7 Å². The molecule has 0 aromatic heterocycles. The lowest BCUT2D eigenvalue weighted by Gasteiger charge is -2.15. The van der Waals surface area contributed by atoms with Gasteiger partial charge in [-0.15, -0.1) is 6.42 Å². The maximum absolute atomic E-state index is 13.1. The second kappa shape index (κ2) is 5.55. The van der Waals surface area contributed by atoms with Crippen molar-refractivity contribution in [2.24, 2.45) is 0 Å². The Labute approximate surface area is 113 Å². The van der Waals surface area contributed by atoms with Gasteiger partial charge in [0.1, 0.15) is 0 Å². The van der Waals surface area contributed by atoms with Gasteiger partial charge in [0.25, 0.3) is 15.0 Å². The normalized spacial score (nSPS) is 10.9. The smallest absolute Gasteiger partial charge is 0.262 e. The molecule has 102 valence electrons. The zero-order chi connectivity index (χ0) is 14.8. The van der Waals surface area contributed by atoms with E-state index in [-0.39, 0.29) is 6.54 Å². The van der Waals surface area contributed by atoms with Gasteiger partial charge in [0.2, 0.25) is 0 Å². The molecule has 1 amide bonds. The van der Waals surface area contributed by atoms with Crippen molar-refractivity contribution in [2.75, 3.05) is 13.6 Å². The number of carbonyl (C=O) groups excluding carboxylic acids is 1. The molecule has 0 aliphatic rings. The highest BCUT2D eigenvalue weighted by Crippen LogP contribution is 2.24. The van der Waals surface area contributed by atoms with E-state index in [1.165, 1.54) is 7.05 Å². The Morgan fingerprint density at radius 2 is 1.95 bits per heavy atom. The van der Waals surface area contributed by atoms with Crippen molar-refractivity contribution in [3.63, 3.8) is 0 Å². The molecule has 0 unspecified atom stereocenters. The van der Waals surface area contributed by atoms with Gasteiger partial charge in [-0.2, -0.15) is 0 Å². The van der Waals surface area contributed by atoms with Crippen LogP contribution in [0.3, 0.4) is 0 Å². The van der Waals surface area contributed by atoms with Crippen molar-refractivity contribution in [1.29, 1.82) is 0 Å². The van der Waals surface area contributed by atoms with Gasteiger partial charge in [0, 0.05) is 17.7 Å². The molecular formula is C11H8ClF2NO3S. The zero-order valence-corrected chi connectivity index (χ0v) is 11.2. The van der Waals surface area contributed by atoms with Crippen molar-refractivity contribution >= 4 is 25.6 Å². The van der Waals surface area contributed by atoms with Gasteiger partial charge < -0.3 is 4.90 Å². The molecule has 0 spiro atoms. The van der Waals surface area contributed by atoms with Gasteiger partial charge in [-0.1, -0.05) is 5.92 Å². The van der Waals surface area contributed by atoms with Gasteiger partial charge in [0.15, 0.2) is 11.6 Å². The highest BCUT2D eigenvalue weighted by molar-refractivity contribution is 8.13. The Morgan fingerprint density at radius 1 is 1.42 bits per heavy atom. The SMILES string of the molecule is C#CCN(C)C(=O)c1cc(F)c(F)cc1S(=O)(=O)Cl. The molecule has 19 heavy (non-hydrogen) atoms. The van der Waals surface area contributed by atoms with Crippen LogP contribution in [0.2, 0.25) is 0 Å². The van der Waals surface area contributed by atoms with Crippen LogP contribution < -0.4 is 0 Å². The van der Waals surface area contributed by atoms with Gasteiger partial charge in [-0.3, -0.25) is 4.79 Å². The number of benzene rings is 1. The number of nitrogens with zero attached hydrogens (tertiary/aromatic N) is 1. The Bertz CT molecular complexity index is 667. The van der Waals surface area contributed by atoms with Crippen LogP contribution in [-0.2, 0) is 9.05 Å². The minimum Gasteiger partial charge on any atom is -0.331 e. The number of terminal acetylenes is 1. The van der Waals surface area contributed by atoms with E-state index >= 15 is 0 Å². The first kappa shape index (κ1) is 15.4. The summed E-state index contributed by atoms with van der Waals surface area (Å²) in [6, 6.07) is 0.828. The highest BCUT2D eigenvalue weighted by Gasteiger charge is 2.25. The fourth-order valence-electron chi connectivity index (χ4n) is 1.31. The first-order valence-electron chi connectivity index (χ1n) is 4.81. The molecule has 4 nitrogen and oxygen atoms in total. The molecule has 0 fully saturated rings. The summed E-state index contributed by atoms with van der Waals surface area (Å²) in [5, 5.41) is 0. The summed E-state index contributed by atoms with van der Waals surface area (Å²) in [5.41, 5.74) is -0.577. The third kappa shape index (κ3) is 3.43. The first-order chi connectivity index (χ1) is 8.68. The summed E-state index contributed by atoms with van der Waals surface area (Å²) in [6.07, 6.45) is 5.00. The van der Waals surface area contributed by atoms with Crippen LogP contribution in [0.4, 0.5) is 8.78 Å². The van der Waals surface area contributed by atoms with Gasteiger partial charge in [-0.05, 0) is 12.1 Å². The number of rotatable bonds is 3. The Kier molecular flexibility index (Phi) is 4.50. The third-order valence-electron chi connectivity index (χ3n) is 2.19. The third-order valence-corrected chi connectivity index (χ3v) is 3.55. The minimum atomic E-state index is -4.40. The van der Waals surface area contributed by atoms with Crippen LogP contribution in [0.1, 0.15) is 10.4 Å². The quantitative estimate of drug-likeness (QED) is 0.629. The molecule has 0 N–H and O–H groups in total. The van der Waals surface area contributed by atoms with E-state index in [9.17, 15) is 22.0 Å². The standard InChI is InChI=1S/C11H8ClF2NO3S/c1-3-4-15(2)11(16)7-5-8(13)9(14)6-10(7)19(12,17)18/h1,5-6H,4H2,2H3. The van der Waals surface area contributed by atoms with Gasteiger partial charge >= 0.3 is 0 Å². The molecule has 0 saturated heterocycles. The average Bonchev–Trinajstić information content (AvgIpc) is 2.30. The zero-order valence-electron chi connectivity index (χ0n) is 9.65. The summed E-state index contributed by atoms with van der Waals surface area (Å²) >= 11 is 0. The molecule has 0 atom stereocenters. The van der Waals surface area contributed by atoms with E-state index in [1.54, 1.807) is 0 Å². The van der Waals surface area contributed by atoms with Crippen molar-refractivity contribution in [3.8, 4) is 12.3 Å². The Balaban J connectivity index is 3.47. The fraction of sp³-hybridized carbons (Fsp3) is 0.182. The molecular weight excluding hydrogens is 300 g/mol. The van der Waals surface area contributed by atoms with Crippen LogP contribution in [0.15, 0.2) is 17.0 Å². The van der Waals surface area contributed by atoms with Crippen LogP contribution in [0.5, 0.6) is 0 Å². The van der Waals surface area contributed by atoms with Crippen LogP contribution in [0.25, 0.3) is 0 Å².